The highest BCUT2D eigenvalue weighted by atomic mass is 32.2. The van der Waals surface area contributed by atoms with E-state index in [1.165, 1.54) is 40.5 Å². The van der Waals surface area contributed by atoms with Gasteiger partial charge in [-0.25, -0.2) is 9.00 Å². The molecular weight excluding hydrogens is 406 g/mol. The second-order valence-electron chi connectivity index (χ2n) is 7.83. The second kappa shape index (κ2) is 6.82. The molecule has 0 saturated heterocycles. The van der Waals surface area contributed by atoms with Crippen molar-refractivity contribution in [1.29, 1.82) is 0 Å². The number of amides is 1. The van der Waals surface area contributed by atoms with Gasteiger partial charge < -0.3 is 15.5 Å². The normalized spacial score (nSPS) is 22.1. The Balaban J connectivity index is 1.54. The summed E-state index contributed by atoms with van der Waals surface area (Å²) < 4.78 is 19.7. The first-order valence-corrected chi connectivity index (χ1v) is 11.4. The summed E-state index contributed by atoms with van der Waals surface area (Å²) in [4.78, 5) is 23.5. The van der Waals surface area contributed by atoms with E-state index in [4.69, 9.17) is 0 Å². The number of hydrogen-bond donors (Lipinski definition) is 4. The summed E-state index contributed by atoms with van der Waals surface area (Å²) in [5, 5.41) is 22.9. The summed E-state index contributed by atoms with van der Waals surface area (Å²) in [7, 11) is -3.52. The van der Waals surface area contributed by atoms with Gasteiger partial charge in [0.25, 0.3) is 5.91 Å². The molecule has 0 saturated carbocycles. The van der Waals surface area contributed by atoms with Crippen molar-refractivity contribution < 1.29 is 24.0 Å². The van der Waals surface area contributed by atoms with Crippen LogP contribution in [0.1, 0.15) is 55.8 Å². The molecule has 5 rings (SSSR count). The van der Waals surface area contributed by atoms with Crippen LogP contribution in [0.4, 0.5) is 5.69 Å². The maximum Gasteiger partial charge on any atom is 0.335 e. The van der Waals surface area contributed by atoms with E-state index in [9.17, 15) is 24.0 Å². The average molecular weight is 427 g/mol. The second-order valence-corrected chi connectivity index (χ2v) is 9.74. The van der Waals surface area contributed by atoms with Crippen molar-refractivity contribution in [2.24, 2.45) is 4.36 Å². The lowest BCUT2D eigenvalue weighted by Crippen LogP contribution is -2.26. The van der Waals surface area contributed by atoms with Gasteiger partial charge in [0.2, 0.25) is 6.35 Å². The molecule has 156 valence electrons. The predicted octanol–water partition coefficient (Wildman–Crippen LogP) is 2.24. The third kappa shape index (κ3) is 2.96. The number of aliphatic hydroxyl groups excluding tert-OH is 1. The van der Waals surface area contributed by atoms with Gasteiger partial charge in [0.05, 0.1) is 16.0 Å². The summed E-state index contributed by atoms with van der Waals surface area (Å²) >= 11 is 0. The third-order valence-electron chi connectivity index (χ3n) is 6.00. The molecule has 1 amide bonds. The van der Waals surface area contributed by atoms with E-state index in [1.807, 2.05) is 0 Å². The number of aliphatic hydroxyl groups is 1. The molecule has 0 fully saturated rings. The Morgan fingerprint density at radius 1 is 1.10 bits per heavy atom. The molecule has 4 N–H and O–H groups in total. The lowest BCUT2D eigenvalue weighted by atomic mass is 9.99. The van der Waals surface area contributed by atoms with Crippen molar-refractivity contribution in [2.75, 3.05) is 5.32 Å². The van der Waals surface area contributed by atoms with E-state index in [2.05, 4.69) is 20.5 Å². The molecule has 0 bridgehead atoms. The fourth-order valence-electron chi connectivity index (χ4n) is 4.68. The lowest BCUT2D eigenvalue weighted by molar-refractivity contribution is 0.0696. The quantitative estimate of drug-likeness (QED) is 0.554. The van der Waals surface area contributed by atoms with Crippen molar-refractivity contribution in [2.45, 2.75) is 49.8 Å². The molecule has 2 aromatic carbocycles. The van der Waals surface area contributed by atoms with Gasteiger partial charge in [-0.1, -0.05) is 6.07 Å². The largest absolute Gasteiger partial charge is 0.478 e. The zero-order valence-electron chi connectivity index (χ0n) is 16.1. The van der Waals surface area contributed by atoms with Gasteiger partial charge in [-0.3, -0.25) is 9.52 Å². The molecule has 1 heterocycles. The minimum absolute atomic E-state index is 0.0169. The Hall–Kier alpha value is -2.91. The van der Waals surface area contributed by atoms with Crippen LogP contribution < -0.4 is 10.0 Å². The number of carbonyl (C=O) groups is 2. The van der Waals surface area contributed by atoms with Crippen LogP contribution in [0.15, 0.2) is 33.5 Å². The van der Waals surface area contributed by atoms with Crippen molar-refractivity contribution in [3.8, 4) is 0 Å². The number of nitrogens with one attached hydrogen (secondary N) is 2. The molecule has 0 spiro atoms. The highest BCUT2D eigenvalue weighted by molar-refractivity contribution is 7.93. The van der Waals surface area contributed by atoms with Gasteiger partial charge in [-0.2, -0.15) is 4.36 Å². The molecule has 0 aromatic heterocycles. The molecule has 2 aliphatic carbocycles. The first kappa shape index (κ1) is 19.1. The number of aromatic carboxylic acids is 1. The van der Waals surface area contributed by atoms with E-state index in [0.717, 1.165) is 44.2 Å². The van der Waals surface area contributed by atoms with Gasteiger partial charge in [0, 0.05) is 5.69 Å². The Bertz CT molecular complexity index is 1200. The van der Waals surface area contributed by atoms with Gasteiger partial charge in [0.1, 0.15) is 0 Å². The molecule has 9 heteroatoms. The average Bonchev–Trinajstić information content (AvgIpc) is 3.40. The lowest BCUT2D eigenvalue weighted by Gasteiger charge is -2.19. The number of anilines is 1. The van der Waals surface area contributed by atoms with Crippen molar-refractivity contribution in [3.63, 3.8) is 0 Å². The van der Waals surface area contributed by atoms with E-state index in [-0.39, 0.29) is 16.0 Å². The zero-order chi connectivity index (χ0) is 21.0. The molecule has 0 radical (unpaired) electrons. The molecule has 2 atom stereocenters. The highest BCUT2D eigenvalue weighted by Crippen LogP contribution is 2.39. The number of carboxylic acid groups (broad SMARTS) is 1. The number of hydrogen-bond acceptors (Lipinski definition) is 6. The van der Waals surface area contributed by atoms with E-state index in [1.54, 1.807) is 0 Å². The van der Waals surface area contributed by atoms with E-state index < -0.39 is 28.1 Å². The monoisotopic (exact) mass is 427 g/mol. The molecule has 2 aromatic rings. The minimum Gasteiger partial charge on any atom is -0.478 e. The summed E-state index contributed by atoms with van der Waals surface area (Å²) in [5.74, 6) is -1.81. The van der Waals surface area contributed by atoms with Crippen molar-refractivity contribution >= 4 is 27.5 Å². The zero-order valence-corrected chi connectivity index (χ0v) is 16.9. The van der Waals surface area contributed by atoms with Crippen molar-refractivity contribution in [1.82, 2.24) is 4.72 Å². The molecule has 8 nitrogen and oxygen atoms in total. The summed E-state index contributed by atoms with van der Waals surface area (Å²) in [5.41, 5.74) is 5.75. The van der Waals surface area contributed by atoms with Crippen LogP contribution in [-0.4, -0.2) is 32.7 Å². The van der Waals surface area contributed by atoms with Crippen LogP contribution >= 0.6 is 0 Å². The molecule has 3 aliphatic rings. The number of fused-ring (bicyclic) bond motifs is 3. The minimum atomic E-state index is -3.52. The van der Waals surface area contributed by atoms with Crippen molar-refractivity contribution in [3.05, 3.63) is 57.6 Å². The fraction of sp³-hybridized carbons (Fsp3) is 0.333. The van der Waals surface area contributed by atoms with Gasteiger partial charge in [0.15, 0.2) is 9.92 Å². The maximum atomic E-state index is 13.4. The topological polar surface area (TPSA) is 128 Å². The van der Waals surface area contributed by atoms with E-state index in [0.29, 0.717) is 0 Å². The van der Waals surface area contributed by atoms with E-state index >= 15 is 0 Å². The highest BCUT2D eigenvalue weighted by Gasteiger charge is 2.33. The number of carboxylic acids is 1. The SMILES string of the molecule is O=C(O)c1ccc2c(c1)S(=O)(=NC(O)Nc1c3c(cc4c1CCC4)CCC3)NC2=O. The van der Waals surface area contributed by atoms with Crippen LogP contribution in [0.5, 0.6) is 0 Å². The Morgan fingerprint density at radius 2 is 1.77 bits per heavy atom. The predicted molar refractivity (Wildman–Crippen MR) is 110 cm³/mol. The van der Waals surface area contributed by atoms with Crippen LogP contribution in [0.2, 0.25) is 0 Å². The number of nitrogens with zero attached hydrogens (tertiary/aromatic N) is 1. The van der Waals surface area contributed by atoms with Gasteiger partial charge >= 0.3 is 5.97 Å². The molecule has 2 unspecified atom stereocenters. The molecular formula is C21H21N3O5S. The van der Waals surface area contributed by atoms with Crippen LogP contribution in [0.3, 0.4) is 0 Å². The number of aryl methyl sites for hydroxylation is 2. The standard InChI is InChI=1S/C21H21N3O5S/c25-19-16-8-7-13(20(26)27)10-17(16)30(29,23-19)24-21(28)22-18-14-5-1-3-11(14)9-12-4-2-6-15(12)18/h7-10,21-22,28H,1-6H2,(H,26,27)(H,23,24,25,29). The summed E-state index contributed by atoms with van der Waals surface area (Å²) in [6.07, 6.45) is 4.42. The number of benzene rings is 2. The smallest absolute Gasteiger partial charge is 0.335 e. The van der Waals surface area contributed by atoms with Gasteiger partial charge in [-0.05, 0) is 79.0 Å². The van der Waals surface area contributed by atoms with Crippen LogP contribution in [-0.2, 0) is 35.6 Å². The Kier molecular flexibility index (Phi) is 4.33. The molecule has 30 heavy (non-hydrogen) atoms. The molecule has 1 aliphatic heterocycles. The first-order chi connectivity index (χ1) is 14.4. The fourth-order valence-corrected chi connectivity index (χ4v) is 6.39. The first-order valence-electron chi connectivity index (χ1n) is 9.92. The van der Waals surface area contributed by atoms with Crippen LogP contribution in [0.25, 0.3) is 0 Å². The number of rotatable bonds is 4. The number of carbonyl (C=O) groups excluding carboxylic acids is 1. The Labute approximate surface area is 173 Å². The summed E-state index contributed by atoms with van der Waals surface area (Å²) in [6.45, 7) is 0. The summed E-state index contributed by atoms with van der Waals surface area (Å²) in [6, 6.07) is 6.02. The third-order valence-corrected chi connectivity index (χ3v) is 7.89. The maximum absolute atomic E-state index is 13.4. The van der Waals surface area contributed by atoms with Crippen LogP contribution in [0, 0.1) is 0 Å². The Morgan fingerprint density at radius 3 is 2.40 bits per heavy atom. The van der Waals surface area contributed by atoms with Gasteiger partial charge in [-0.15, -0.1) is 0 Å².